The van der Waals surface area contributed by atoms with Gasteiger partial charge in [-0.3, -0.25) is 19.3 Å². The molecule has 3 rings (SSSR count). The van der Waals surface area contributed by atoms with Crippen LogP contribution < -0.4 is 10.2 Å². The van der Waals surface area contributed by atoms with Crippen LogP contribution >= 0.6 is 0 Å². The lowest BCUT2D eigenvalue weighted by molar-refractivity contribution is -0.154. The van der Waals surface area contributed by atoms with E-state index in [-0.39, 0.29) is 24.3 Å². The van der Waals surface area contributed by atoms with Crippen LogP contribution in [0.4, 0.5) is 11.4 Å². The molecule has 1 aromatic rings. The summed E-state index contributed by atoms with van der Waals surface area (Å²) >= 11 is 0. The lowest BCUT2D eigenvalue weighted by Gasteiger charge is -2.30. The van der Waals surface area contributed by atoms with Gasteiger partial charge in [-0.2, -0.15) is 0 Å². The van der Waals surface area contributed by atoms with Crippen LogP contribution in [0.1, 0.15) is 58.3 Å². The Morgan fingerprint density at radius 2 is 1.96 bits per heavy atom. The van der Waals surface area contributed by atoms with E-state index < -0.39 is 6.10 Å². The zero-order chi connectivity index (χ0) is 19.2. The number of hydrogen-bond donors (Lipinski definition) is 1. The van der Waals surface area contributed by atoms with Gasteiger partial charge in [-0.15, -0.1) is 0 Å². The Hall–Kier alpha value is -2.37. The number of para-hydroxylation sites is 2. The fraction of sp³-hybridized carbons (Fsp3) is 0.571. The van der Waals surface area contributed by atoms with E-state index in [1.807, 2.05) is 0 Å². The molecule has 6 heteroatoms. The van der Waals surface area contributed by atoms with E-state index in [1.165, 1.54) is 37.0 Å². The number of benzene rings is 1. The third-order valence-electron chi connectivity index (χ3n) is 5.41. The maximum absolute atomic E-state index is 12.7. The molecular formula is C21H28N2O4. The Balaban J connectivity index is 1.50. The van der Waals surface area contributed by atoms with E-state index in [1.54, 1.807) is 31.2 Å². The van der Waals surface area contributed by atoms with Gasteiger partial charge in [0.15, 0.2) is 6.10 Å². The number of carbonyl (C=O) groups excluding carboxylic acids is 3. The quantitative estimate of drug-likeness (QED) is 0.773. The van der Waals surface area contributed by atoms with Gasteiger partial charge in [0.05, 0.1) is 11.4 Å². The highest BCUT2D eigenvalue weighted by atomic mass is 16.5. The molecule has 0 aromatic heterocycles. The van der Waals surface area contributed by atoms with Gasteiger partial charge in [-0.25, -0.2) is 0 Å². The topological polar surface area (TPSA) is 75.7 Å². The van der Waals surface area contributed by atoms with Crippen LogP contribution in [0.2, 0.25) is 0 Å². The molecule has 1 fully saturated rings. The second kappa shape index (κ2) is 9.02. The number of carbonyl (C=O) groups is 3. The van der Waals surface area contributed by atoms with Gasteiger partial charge < -0.3 is 10.1 Å². The van der Waals surface area contributed by atoms with Crippen molar-refractivity contribution in [1.82, 2.24) is 0 Å². The number of anilines is 2. The van der Waals surface area contributed by atoms with Gasteiger partial charge in [-0.05, 0) is 37.8 Å². The predicted molar refractivity (Wildman–Crippen MR) is 103 cm³/mol. The minimum Gasteiger partial charge on any atom is -0.453 e. The van der Waals surface area contributed by atoms with E-state index in [0.717, 1.165) is 18.8 Å². The molecule has 0 bridgehead atoms. The number of nitrogens with zero attached hydrogens (tertiary/aromatic N) is 1. The Morgan fingerprint density at radius 3 is 2.74 bits per heavy atom. The Labute approximate surface area is 160 Å². The van der Waals surface area contributed by atoms with Crippen LogP contribution in [-0.4, -0.2) is 30.4 Å². The summed E-state index contributed by atoms with van der Waals surface area (Å²) in [6, 6.07) is 7.11. The third kappa shape index (κ3) is 5.08. The van der Waals surface area contributed by atoms with Crippen LogP contribution in [0.15, 0.2) is 24.3 Å². The number of hydrogen-bond acceptors (Lipinski definition) is 4. The first kappa shape index (κ1) is 19.4. The Morgan fingerprint density at radius 1 is 1.22 bits per heavy atom. The minimum absolute atomic E-state index is 0.0700. The summed E-state index contributed by atoms with van der Waals surface area (Å²) < 4.78 is 5.34. The summed E-state index contributed by atoms with van der Waals surface area (Å²) in [4.78, 5) is 38.1. The lowest BCUT2D eigenvalue weighted by Crippen LogP contribution is -2.47. The Bertz CT molecular complexity index is 697. The molecule has 146 valence electrons. The maximum Gasteiger partial charge on any atom is 0.306 e. The molecule has 0 unspecified atom stereocenters. The van der Waals surface area contributed by atoms with Crippen molar-refractivity contribution in [2.24, 2.45) is 5.92 Å². The monoisotopic (exact) mass is 372 g/mol. The van der Waals surface area contributed by atoms with Crippen molar-refractivity contribution in [2.45, 2.75) is 64.4 Å². The van der Waals surface area contributed by atoms with Gasteiger partial charge >= 0.3 is 5.97 Å². The molecule has 1 saturated carbocycles. The highest BCUT2D eigenvalue weighted by molar-refractivity contribution is 6.11. The molecule has 1 aromatic carbocycles. The zero-order valence-electron chi connectivity index (χ0n) is 15.9. The van der Waals surface area contributed by atoms with Gasteiger partial charge in [0.2, 0.25) is 5.91 Å². The fourth-order valence-electron chi connectivity index (χ4n) is 3.97. The summed E-state index contributed by atoms with van der Waals surface area (Å²) in [6.45, 7) is 1.50. The Kier molecular flexibility index (Phi) is 6.48. The van der Waals surface area contributed by atoms with Crippen molar-refractivity contribution in [2.75, 3.05) is 16.8 Å². The normalized spacial score (nSPS) is 18.4. The molecule has 2 aliphatic rings. The van der Waals surface area contributed by atoms with Gasteiger partial charge in [-0.1, -0.05) is 44.2 Å². The molecule has 1 heterocycles. The van der Waals surface area contributed by atoms with E-state index in [2.05, 4.69) is 5.32 Å². The number of fused-ring (bicyclic) bond motifs is 1. The van der Waals surface area contributed by atoms with Crippen LogP contribution in [0.3, 0.4) is 0 Å². The van der Waals surface area contributed by atoms with Crippen molar-refractivity contribution in [3.8, 4) is 0 Å². The standard InChI is InChI=1S/C21H28N2O4/c1-15(27-20(25)13-7-10-16-8-3-2-4-9-16)21(26)23-14-19(24)22-17-11-5-6-12-18(17)23/h5-6,11-12,15-16H,2-4,7-10,13-14H2,1H3,(H,22,24)/t15-/m1/s1. The molecule has 1 atom stereocenters. The average molecular weight is 372 g/mol. The first-order chi connectivity index (χ1) is 13.0. The lowest BCUT2D eigenvalue weighted by atomic mass is 9.86. The van der Waals surface area contributed by atoms with E-state index in [0.29, 0.717) is 17.8 Å². The smallest absolute Gasteiger partial charge is 0.306 e. The molecule has 1 aliphatic carbocycles. The largest absolute Gasteiger partial charge is 0.453 e. The van der Waals surface area contributed by atoms with Crippen molar-refractivity contribution in [3.63, 3.8) is 0 Å². The molecule has 1 N–H and O–H groups in total. The SMILES string of the molecule is C[C@@H](OC(=O)CCCC1CCCCC1)C(=O)N1CC(=O)Nc2ccccc21. The molecule has 6 nitrogen and oxygen atoms in total. The summed E-state index contributed by atoms with van der Waals surface area (Å²) in [6.07, 6.45) is 7.74. The van der Waals surface area contributed by atoms with Gasteiger partial charge in [0.1, 0.15) is 6.54 Å². The van der Waals surface area contributed by atoms with Crippen molar-refractivity contribution < 1.29 is 19.1 Å². The minimum atomic E-state index is -0.911. The van der Waals surface area contributed by atoms with Crippen molar-refractivity contribution in [1.29, 1.82) is 0 Å². The number of esters is 1. The number of amides is 2. The maximum atomic E-state index is 12.7. The zero-order valence-corrected chi connectivity index (χ0v) is 15.9. The number of nitrogens with one attached hydrogen (secondary N) is 1. The van der Waals surface area contributed by atoms with Crippen LogP contribution in [0.5, 0.6) is 0 Å². The van der Waals surface area contributed by atoms with Gasteiger partial charge in [0, 0.05) is 6.42 Å². The fourth-order valence-corrected chi connectivity index (χ4v) is 3.97. The predicted octanol–water partition coefficient (Wildman–Crippen LogP) is 3.65. The molecule has 2 amide bonds. The summed E-state index contributed by atoms with van der Waals surface area (Å²) in [5.74, 6) is -0.249. The van der Waals surface area contributed by atoms with Crippen LogP contribution in [0, 0.1) is 5.92 Å². The van der Waals surface area contributed by atoms with E-state index in [9.17, 15) is 14.4 Å². The first-order valence-corrected chi connectivity index (χ1v) is 9.94. The second-order valence-corrected chi connectivity index (χ2v) is 7.52. The molecule has 0 radical (unpaired) electrons. The highest BCUT2D eigenvalue weighted by Crippen LogP contribution is 2.30. The van der Waals surface area contributed by atoms with E-state index in [4.69, 9.17) is 4.74 Å². The third-order valence-corrected chi connectivity index (χ3v) is 5.41. The number of ether oxygens (including phenoxy) is 1. The molecule has 27 heavy (non-hydrogen) atoms. The van der Waals surface area contributed by atoms with Crippen molar-refractivity contribution >= 4 is 29.2 Å². The summed E-state index contributed by atoms with van der Waals surface area (Å²) in [7, 11) is 0. The van der Waals surface area contributed by atoms with Crippen LogP contribution in [0.25, 0.3) is 0 Å². The van der Waals surface area contributed by atoms with E-state index >= 15 is 0 Å². The average Bonchev–Trinajstić information content (AvgIpc) is 2.67. The molecule has 0 saturated heterocycles. The summed E-state index contributed by atoms with van der Waals surface area (Å²) in [5, 5.41) is 2.74. The van der Waals surface area contributed by atoms with Crippen LogP contribution in [-0.2, 0) is 19.1 Å². The summed E-state index contributed by atoms with van der Waals surface area (Å²) in [5.41, 5.74) is 1.22. The first-order valence-electron chi connectivity index (χ1n) is 9.94. The molecule has 0 spiro atoms. The molecule has 1 aliphatic heterocycles. The number of rotatable bonds is 6. The molecular weight excluding hydrogens is 344 g/mol. The van der Waals surface area contributed by atoms with Crippen molar-refractivity contribution in [3.05, 3.63) is 24.3 Å². The second-order valence-electron chi connectivity index (χ2n) is 7.52. The highest BCUT2D eigenvalue weighted by Gasteiger charge is 2.31. The van der Waals surface area contributed by atoms with Gasteiger partial charge in [0.25, 0.3) is 5.91 Å².